The van der Waals surface area contributed by atoms with Crippen LogP contribution < -0.4 is 25.6 Å². The van der Waals surface area contributed by atoms with Gasteiger partial charge in [0, 0.05) is 86.9 Å². The molecular weight excluding hydrogens is 862 g/mol. The van der Waals surface area contributed by atoms with Crippen molar-refractivity contribution in [2.24, 2.45) is 16.2 Å². The van der Waals surface area contributed by atoms with Crippen molar-refractivity contribution >= 4 is 41.0 Å². The van der Waals surface area contributed by atoms with Gasteiger partial charge in [0.15, 0.2) is 0 Å². The van der Waals surface area contributed by atoms with E-state index in [1.807, 2.05) is 33.8 Å². The molecule has 1 saturated carbocycles. The van der Waals surface area contributed by atoms with E-state index in [9.17, 15) is 38.3 Å². The predicted octanol–water partition coefficient (Wildman–Crippen LogP) is 4.44. The third kappa shape index (κ3) is 11.3. The van der Waals surface area contributed by atoms with Crippen LogP contribution in [0.2, 0.25) is 5.02 Å². The molecule has 2 aliphatic heterocycles. The van der Waals surface area contributed by atoms with E-state index in [4.69, 9.17) is 21.1 Å². The molecule has 65 heavy (non-hydrogen) atoms. The second kappa shape index (κ2) is 20.0. The number of hydrogen-bond donors (Lipinski definition) is 4. The zero-order valence-corrected chi connectivity index (χ0v) is 38.7. The number of nitriles is 1. The van der Waals surface area contributed by atoms with Gasteiger partial charge in [-0.3, -0.25) is 24.1 Å². The number of benzene rings is 2. The number of β-amino-alcohol motifs (C(OH)–C–C–N with tert-alkyl or cyclic N) is 1. The molecule has 4 N–H and O–H groups in total. The van der Waals surface area contributed by atoms with Gasteiger partial charge in [0.2, 0.25) is 17.7 Å². The number of aromatic nitrogens is 1. The number of amides is 4. The largest absolute Gasteiger partial charge is 0.489 e. The number of piperazine rings is 1. The normalized spacial score (nSPS) is 22.0. The summed E-state index contributed by atoms with van der Waals surface area (Å²) in [6.07, 6.45) is 0.316. The lowest BCUT2D eigenvalue weighted by atomic mass is 9.49. The summed E-state index contributed by atoms with van der Waals surface area (Å²) >= 11 is 6.24. The molecule has 350 valence electrons. The molecule has 3 aromatic rings. The maximum Gasteiger partial charge on any atom is 0.253 e. The minimum Gasteiger partial charge on any atom is -0.489 e. The number of pyridine rings is 1. The van der Waals surface area contributed by atoms with Crippen molar-refractivity contribution < 1.29 is 42.5 Å². The number of halogens is 3. The number of likely N-dealkylation sites (tertiary alicyclic amines) is 1. The zero-order chi connectivity index (χ0) is 47.4. The summed E-state index contributed by atoms with van der Waals surface area (Å²) in [6.45, 7) is 16.4. The quantitative estimate of drug-likeness (QED) is 0.158. The molecule has 3 aliphatic rings. The summed E-state index contributed by atoms with van der Waals surface area (Å²) in [5, 5.41) is 28.5. The zero-order valence-electron chi connectivity index (χ0n) is 37.9. The number of nitrogens with one attached hydrogen (secondary N) is 3. The Hall–Kier alpha value is -5.41. The van der Waals surface area contributed by atoms with Gasteiger partial charge in [-0.25, -0.2) is 13.8 Å². The number of anilines is 1. The molecule has 0 unspecified atom stereocenters. The Morgan fingerprint density at radius 1 is 1.02 bits per heavy atom. The first kappa shape index (κ1) is 49.0. The molecule has 0 spiro atoms. The molecular formula is C47H59ClF2N8O7. The van der Waals surface area contributed by atoms with Gasteiger partial charge in [-0.2, -0.15) is 5.26 Å². The van der Waals surface area contributed by atoms with Gasteiger partial charge < -0.3 is 40.3 Å². The minimum absolute atomic E-state index is 0.0515. The van der Waals surface area contributed by atoms with Crippen LogP contribution in [-0.2, 0) is 25.7 Å². The number of rotatable bonds is 15. The number of aliphatic hydroxyl groups excluding tert-OH is 1. The van der Waals surface area contributed by atoms with Gasteiger partial charge in [-0.05, 0) is 47.9 Å². The Morgan fingerprint density at radius 2 is 1.72 bits per heavy atom. The van der Waals surface area contributed by atoms with Crippen molar-refractivity contribution in [1.29, 1.82) is 5.26 Å². The highest BCUT2D eigenvalue weighted by Crippen LogP contribution is 2.55. The van der Waals surface area contributed by atoms with Gasteiger partial charge in [-0.1, -0.05) is 60.1 Å². The first-order valence-electron chi connectivity index (χ1n) is 21.8. The lowest BCUT2D eigenvalue weighted by Gasteiger charge is -2.63. The second-order valence-electron chi connectivity index (χ2n) is 19.3. The Balaban J connectivity index is 0.921. The van der Waals surface area contributed by atoms with Gasteiger partial charge >= 0.3 is 0 Å². The third-order valence-electron chi connectivity index (χ3n) is 12.7. The summed E-state index contributed by atoms with van der Waals surface area (Å²) < 4.78 is 39.9. The molecule has 0 radical (unpaired) electrons. The summed E-state index contributed by atoms with van der Waals surface area (Å²) in [5.74, 6) is -1.97. The summed E-state index contributed by atoms with van der Waals surface area (Å²) in [5.41, 5.74) is -0.837. The summed E-state index contributed by atoms with van der Waals surface area (Å²) in [7, 11) is 0. The Morgan fingerprint density at radius 3 is 2.35 bits per heavy atom. The first-order chi connectivity index (χ1) is 30.6. The first-order valence-corrected chi connectivity index (χ1v) is 22.2. The average molecular weight is 921 g/mol. The van der Waals surface area contributed by atoms with Gasteiger partial charge in [-0.15, -0.1) is 0 Å². The van der Waals surface area contributed by atoms with Gasteiger partial charge in [0.1, 0.15) is 54.1 Å². The molecule has 3 atom stereocenters. The molecule has 4 amide bonds. The minimum atomic E-state index is -1.08. The number of aliphatic hydroxyl groups is 1. The molecule has 3 fully saturated rings. The smallest absolute Gasteiger partial charge is 0.253 e. The maximum absolute atomic E-state index is 14.2. The monoisotopic (exact) mass is 920 g/mol. The van der Waals surface area contributed by atoms with Crippen LogP contribution in [-0.4, -0.2) is 126 Å². The van der Waals surface area contributed by atoms with Crippen LogP contribution in [0.25, 0.3) is 0 Å². The molecule has 6 rings (SSSR count). The lowest BCUT2D eigenvalue weighted by Crippen LogP contribution is -2.74. The van der Waals surface area contributed by atoms with E-state index < -0.39 is 63.8 Å². The van der Waals surface area contributed by atoms with E-state index >= 15 is 0 Å². The van der Waals surface area contributed by atoms with Crippen molar-refractivity contribution in [2.75, 3.05) is 57.4 Å². The fourth-order valence-electron chi connectivity index (χ4n) is 9.38. The maximum atomic E-state index is 14.2. The second-order valence-corrected chi connectivity index (χ2v) is 19.7. The van der Waals surface area contributed by atoms with E-state index in [0.29, 0.717) is 41.5 Å². The standard InChI is InChI=1S/C47H59ClF2N8O7/c1-45(2,3)39(42(63)58-26-32(59)21-36(58)41(62)53-25-30-20-31(49)10-12-35(30)50)54-38(60)27-64-19-18-56-14-16-57(17-15-56)37-13-9-29(24-52-37)40(61)55-43-46(4,5)44(47(43,6)7)65-33-11-8-28(23-51)34(48)22-33/h8-13,20,22,24,32,36,39,43-44,59H,14-19,21,25-27H2,1-7H3,(H,53,62)(H,54,60)(H,55,61)/t32-,36+,39-,43-,44-/m1/s1. The van der Waals surface area contributed by atoms with Crippen molar-refractivity contribution in [2.45, 2.75) is 91.8 Å². The number of carbonyl (C=O) groups is 4. The van der Waals surface area contributed by atoms with E-state index in [-0.39, 0.29) is 56.3 Å². The highest BCUT2D eigenvalue weighted by atomic mass is 35.5. The van der Waals surface area contributed by atoms with E-state index in [1.54, 1.807) is 51.2 Å². The van der Waals surface area contributed by atoms with E-state index in [0.717, 1.165) is 37.1 Å². The van der Waals surface area contributed by atoms with Crippen LogP contribution >= 0.6 is 11.6 Å². The molecule has 0 bridgehead atoms. The third-order valence-corrected chi connectivity index (χ3v) is 13.0. The topological polar surface area (TPSA) is 189 Å². The number of hydrogen-bond acceptors (Lipinski definition) is 11. The molecule has 2 saturated heterocycles. The Labute approximate surface area is 383 Å². The van der Waals surface area contributed by atoms with Crippen LogP contribution in [0.3, 0.4) is 0 Å². The van der Waals surface area contributed by atoms with Crippen LogP contribution in [0.1, 0.15) is 76.4 Å². The SMILES string of the molecule is CC(C)(C)[C@H](NC(=O)COCCN1CCN(c2ccc(C(=O)N[C@H]3C(C)(C)[C@H](Oc4ccc(C#N)c(Cl)c4)C3(C)C)cn2)CC1)C(=O)N1C[C@H](O)C[C@H]1C(=O)NCc1cc(F)ccc1F. The highest BCUT2D eigenvalue weighted by molar-refractivity contribution is 6.31. The van der Waals surface area contributed by atoms with Gasteiger partial charge in [0.05, 0.1) is 28.9 Å². The number of carbonyl (C=O) groups excluding carboxylic acids is 4. The Kier molecular flexibility index (Phi) is 15.1. The van der Waals surface area contributed by atoms with Crippen molar-refractivity contribution in [1.82, 2.24) is 30.7 Å². The molecule has 1 aliphatic carbocycles. The summed E-state index contributed by atoms with van der Waals surface area (Å²) in [6, 6.07) is 11.2. The molecule has 3 heterocycles. The molecule has 15 nitrogen and oxygen atoms in total. The van der Waals surface area contributed by atoms with Crippen LogP contribution in [0.4, 0.5) is 14.6 Å². The highest BCUT2D eigenvalue weighted by Gasteiger charge is 2.64. The average Bonchev–Trinajstić information content (AvgIpc) is 3.66. The molecule has 2 aromatic carbocycles. The summed E-state index contributed by atoms with van der Waals surface area (Å²) in [4.78, 5) is 63.8. The van der Waals surface area contributed by atoms with Crippen LogP contribution in [0.5, 0.6) is 5.75 Å². The van der Waals surface area contributed by atoms with Crippen molar-refractivity contribution in [3.8, 4) is 11.8 Å². The van der Waals surface area contributed by atoms with Crippen LogP contribution in [0, 0.1) is 39.2 Å². The van der Waals surface area contributed by atoms with Crippen molar-refractivity contribution in [3.63, 3.8) is 0 Å². The van der Waals surface area contributed by atoms with Crippen molar-refractivity contribution in [3.05, 3.63) is 88.1 Å². The Bertz CT molecular complexity index is 2260. The van der Waals surface area contributed by atoms with Crippen LogP contribution in [0.15, 0.2) is 54.7 Å². The molecule has 1 aromatic heterocycles. The fourth-order valence-corrected chi connectivity index (χ4v) is 9.59. The fraction of sp³-hybridized carbons (Fsp3) is 0.532. The predicted molar refractivity (Wildman–Crippen MR) is 239 cm³/mol. The molecule has 18 heteroatoms. The van der Waals surface area contributed by atoms with Gasteiger partial charge in [0.25, 0.3) is 5.91 Å². The van der Waals surface area contributed by atoms with E-state index in [2.05, 4.69) is 36.8 Å². The number of ether oxygens (including phenoxy) is 2. The number of nitrogens with zero attached hydrogens (tertiary/aromatic N) is 5. The lowest BCUT2D eigenvalue weighted by molar-refractivity contribution is -0.164. The van der Waals surface area contributed by atoms with E-state index in [1.165, 1.54) is 4.90 Å².